The van der Waals surface area contributed by atoms with Crippen molar-refractivity contribution in [2.75, 3.05) is 10.0 Å². The average molecular weight is 313 g/mol. The first-order chi connectivity index (χ1) is 9.47. The molecule has 0 aliphatic carbocycles. The maximum absolute atomic E-state index is 12.0. The van der Waals surface area contributed by atoms with Crippen molar-refractivity contribution in [3.8, 4) is 0 Å². The zero-order chi connectivity index (χ0) is 16.3. The fourth-order valence-electron chi connectivity index (χ4n) is 1.62. The van der Waals surface area contributed by atoms with Crippen LogP contribution in [0, 0.1) is 11.3 Å². The Balaban J connectivity index is 2.71. The molecule has 0 saturated heterocycles. The molecule has 1 aromatic carbocycles. The summed E-state index contributed by atoms with van der Waals surface area (Å²) < 4.78 is 24.1. The second-order valence-corrected chi connectivity index (χ2v) is 7.54. The summed E-state index contributed by atoms with van der Waals surface area (Å²) in [6.07, 6.45) is 0.399. The summed E-state index contributed by atoms with van der Waals surface area (Å²) in [7, 11) is -3.82. The molecule has 0 heterocycles. The molecule has 0 aliphatic rings. The van der Waals surface area contributed by atoms with E-state index < -0.39 is 10.2 Å². The highest BCUT2D eigenvalue weighted by molar-refractivity contribution is 7.90. The van der Waals surface area contributed by atoms with E-state index in [1.165, 1.54) is 6.07 Å². The van der Waals surface area contributed by atoms with E-state index in [0.29, 0.717) is 17.8 Å². The first-order valence-corrected chi connectivity index (χ1v) is 8.22. The molecule has 0 aromatic heterocycles. The van der Waals surface area contributed by atoms with Crippen molar-refractivity contribution in [1.82, 2.24) is 0 Å². The van der Waals surface area contributed by atoms with Crippen molar-refractivity contribution in [3.05, 3.63) is 24.3 Å². The highest BCUT2D eigenvalue weighted by Crippen LogP contribution is 2.28. The van der Waals surface area contributed by atoms with Gasteiger partial charge in [-0.1, -0.05) is 33.8 Å². The molecule has 1 unspecified atom stereocenters. The lowest BCUT2D eigenvalue weighted by Crippen LogP contribution is -2.24. The number of nitrogens with one attached hydrogen (secondary N) is 2. The normalized spacial score (nSPS) is 13.6. The van der Waals surface area contributed by atoms with Gasteiger partial charge < -0.3 is 5.32 Å². The fourth-order valence-corrected chi connectivity index (χ4v) is 2.08. The Morgan fingerprint density at radius 3 is 2.38 bits per heavy atom. The molecule has 0 radical (unpaired) electrons. The molecule has 0 fully saturated rings. The van der Waals surface area contributed by atoms with E-state index in [9.17, 15) is 13.2 Å². The van der Waals surface area contributed by atoms with Crippen molar-refractivity contribution < 1.29 is 13.2 Å². The third-order valence-electron chi connectivity index (χ3n) is 3.38. The molecule has 0 bridgehead atoms. The van der Waals surface area contributed by atoms with Crippen LogP contribution in [0.3, 0.4) is 0 Å². The van der Waals surface area contributed by atoms with Crippen molar-refractivity contribution in [1.29, 1.82) is 0 Å². The van der Waals surface area contributed by atoms with Gasteiger partial charge in [0.05, 0.1) is 5.69 Å². The van der Waals surface area contributed by atoms with Crippen molar-refractivity contribution >= 4 is 27.5 Å². The predicted molar refractivity (Wildman–Crippen MR) is 85.0 cm³/mol. The Morgan fingerprint density at radius 2 is 1.86 bits per heavy atom. The summed E-state index contributed by atoms with van der Waals surface area (Å²) in [5.74, 6) is 0.119. The first kappa shape index (κ1) is 17.5. The second kappa shape index (κ2) is 6.44. The molecule has 4 N–H and O–H groups in total. The minimum Gasteiger partial charge on any atom is -0.326 e. The number of rotatable bonds is 5. The number of carbonyl (C=O) groups is 1. The van der Waals surface area contributed by atoms with Crippen molar-refractivity contribution in [2.24, 2.45) is 16.5 Å². The molecule has 1 atom stereocenters. The average Bonchev–Trinajstić information content (AvgIpc) is 2.25. The van der Waals surface area contributed by atoms with Gasteiger partial charge in [-0.2, -0.15) is 8.42 Å². The van der Waals surface area contributed by atoms with Crippen LogP contribution in [-0.4, -0.2) is 14.3 Å². The SMILES string of the molecule is CC(CC(=O)Nc1cccc(NS(N)(=O)=O)c1)C(C)(C)C. The van der Waals surface area contributed by atoms with Crippen LogP contribution in [0.2, 0.25) is 0 Å². The standard InChI is InChI=1S/C14H23N3O3S/c1-10(14(2,3)4)8-13(18)16-11-6-5-7-12(9-11)17-21(15,19)20/h5-7,9-10,17H,8H2,1-4H3,(H,16,18)(H2,15,19,20). The molecule has 6 nitrogen and oxygen atoms in total. The summed E-state index contributed by atoms with van der Waals surface area (Å²) in [5, 5.41) is 7.66. The maximum atomic E-state index is 12.0. The van der Waals surface area contributed by atoms with Gasteiger partial charge >= 0.3 is 0 Å². The van der Waals surface area contributed by atoms with Crippen LogP contribution in [0.25, 0.3) is 0 Å². The predicted octanol–water partition coefficient (Wildman–Crippen LogP) is 2.31. The molecule has 118 valence electrons. The number of hydrogen-bond donors (Lipinski definition) is 3. The van der Waals surface area contributed by atoms with Crippen LogP contribution in [0.15, 0.2) is 24.3 Å². The van der Waals surface area contributed by atoms with Crippen molar-refractivity contribution in [3.63, 3.8) is 0 Å². The van der Waals surface area contributed by atoms with Gasteiger partial charge in [0.15, 0.2) is 0 Å². The number of amides is 1. The first-order valence-electron chi connectivity index (χ1n) is 6.68. The third kappa shape index (κ3) is 6.59. The van der Waals surface area contributed by atoms with Gasteiger partial charge in [0.2, 0.25) is 5.91 Å². The molecule has 21 heavy (non-hydrogen) atoms. The maximum Gasteiger partial charge on any atom is 0.296 e. The quantitative estimate of drug-likeness (QED) is 0.777. The monoisotopic (exact) mass is 313 g/mol. The van der Waals surface area contributed by atoms with Crippen LogP contribution < -0.4 is 15.2 Å². The van der Waals surface area contributed by atoms with Gasteiger partial charge in [-0.25, -0.2) is 5.14 Å². The van der Waals surface area contributed by atoms with E-state index in [-0.39, 0.29) is 17.2 Å². The lowest BCUT2D eigenvalue weighted by atomic mass is 9.80. The summed E-state index contributed by atoms with van der Waals surface area (Å²) >= 11 is 0. The van der Waals surface area contributed by atoms with E-state index in [4.69, 9.17) is 5.14 Å². The second-order valence-electron chi connectivity index (χ2n) is 6.25. The topological polar surface area (TPSA) is 101 Å². The molecule has 0 saturated carbocycles. The fraction of sp³-hybridized carbons (Fsp3) is 0.500. The van der Waals surface area contributed by atoms with Crippen LogP contribution in [0.1, 0.15) is 34.1 Å². The van der Waals surface area contributed by atoms with Crippen LogP contribution in [0.4, 0.5) is 11.4 Å². The zero-order valence-corrected chi connectivity index (χ0v) is 13.6. The number of nitrogens with two attached hydrogens (primary N) is 1. The van der Waals surface area contributed by atoms with Crippen molar-refractivity contribution in [2.45, 2.75) is 34.1 Å². The minimum absolute atomic E-state index is 0.0500. The smallest absolute Gasteiger partial charge is 0.296 e. The van der Waals surface area contributed by atoms with Gasteiger partial charge in [0.25, 0.3) is 10.2 Å². The molecule has 0 aliphatic heterocycles. The third-order valence-corrected chi connectivity index (χ3v) is 3.90. The van der Waals surface area contributed by atoms with E-state index >= 15 is 0 Å². The lowest BCUT2D eigenvalue weighted by Gasteiger charge is -2.26. The molecule has 7 heteroatoms. The minimum atomic E-state index is -3.82. The molecule has 1 amide bonds. The van der Waals surface area contributed by atoms with Gasteiger partial charge in [0.1, 0.15) is 0 Å². The molecular formula is C14H23N3O3S. The van der Waals surface area contributed by atoms with Gasteiger partial charge in [-0.05, 0) is 29.5 Å². The Labute approximate surface area is 126 Å². The van der Waals surface area contributed by atoms with Crippen LogP contribution in [0.5, 0.6) is 0 Å². The summed E-state index contributed by atoms with van der Waals surface area (Å²) in [4.78, 5) is 12.0. The Hall–Kier alpha value is -1.60. The molecule has 0 spiro atoms. The highest BCUT2D eigenvalue weighted by Gasteiger charge is 2.22. The Kier molecular flexibility index (Phi) is 5.36. The largest absolute Gasteiger partial charge is 0.326 e. The number of hydrogen-bond acceptors (Lipinski definition) is 3. The van der Waals surface area contributed by atoms with Gasteiger partial charge in [0, 0.05) is 12.1 Å². The molecule has 1 rings (SSSR count). The molecule has 1 aromatic rings. The van der Waals surface area contributed by atoms with E-state index in [1.54, 1.807) is 18.2 Å². The summed E-state index contributed by atoms with van der Waals surface area (Å²) in [5.41, 5.74) is 0.878. The number of carbonyl (C=O) groups excluding carboxylic acids is 1. The van der Waals surface area contributed by atoms with E-state index in [2.05, 4.69) is 30.8 Å². The highest BCUT2D eigenvalue weighted by atomic mass is 32.2. The molecular weight excluding hydrogens is 290 g/mol. The zero-order valence-electron chi connectivity index (χ0n) is 12.8. The van der Waals surface area contributed by atoms with E-state index in [0.717, 1.165) is 0 Å². The van der Waals surface area contributed by atoms with E-state index in [1.807, 2.05) is 6.92 Å². The lowest BCUT2D eigenvalue weighted by molar-refractivity contribution is -0.117. The summed E-state index contributed by atoms with van der Waals surface area (Å²) in [6, 6.07) is 6.40. The van der Waals surface area contributed by atoms with Gasteiger partial charge in [-0.15, -0.1) is 0 Å². The Morgan fingerprint density at radius 1 is 1.29 bits per heavy atom. The summed E-state index contributed by atoms with van der Waals surface area (Å²) in [6.45, 7) is 8.28. The van der Waals surface area contributed by atoms with Gasteiger partial charge in [-0.3, -0.25) is 9.52 Å². The van der Waals surface area contributed by atoms with Crippen LogP contribution >= 0.6 is 0 Å². The number of anilines is 2. The number of benzene rings is 1. The Bertz CT molecular complexity index is 606. The van der Waals surface area contributed by atoms with Crippen LogP contribution in [-0.2, 0) is 15.0 Å².